The van der Waals surface area contributed by atoms with Crippen LogP contribution in [-0.4, -0.2) is 21.2 Å². The number of hydrogen-bond donors (Lipinski definition) is 2. The monoisotopic (exact) mass is 273 g/mol. The molecule has 0 saturated heterocycles. The van der Waals surface area contributed by atoms with Crippen molar-refractivity contribution in [2.45, 2.75) is 45.6 Å². The normalized spacial score (nSPS) is 15.5. The molecular weight excluding hydrogens is 254 g/mol. The van der Waals surface area contributed by atoms with Crippen LogP contribution in [0.4, 0.5) is 17.5 Å². The number of anilines is 3. The zero-order chi connectivity index (χ0) is 13.9. The van der Waals surface area contributed by atoms with Crippen LogP contribution < -0.4 is 10.6 Å². The van der Waals surface area contributed by atoms with E-state index >= 15 is 0 Å². The van der Waals surface area contributed by atoms with Gasteiger partial charge < -0.3 is 15.2 Å². The highest BCUT2D eigenvalue weighted by molar-refractivity contribution is 5.56. The van der Waals surface area contributed by atoms with Crippen LogP contribution in [0.3, 0.4) is 0 Å². The standard InChI is InChI=1S/C14H19N5O/c1-9-7-14(19-20-9)18-13-8-12(15-10(2)16-13)17-11-5-3-4-6-11/h7-8,11H,3-6H2,1-2H3,(H2,15,16,17,18,19). The fourth-order valence-electron chi connectivity index (χ4n) is 2.54. The Morgan fingerprint density at radius 3 is 2.50 bits per heavy atom. The van der Waals surface area contributed by atoms with E-state index in [1.165, 1.54) is 25.7 Å². The van der Waals surface area contributed by atoms with Crippen LogP contribution in [-0.2, 0) is 0 Å². The molecule has 106 valence electrons. The molecular formula is C14H19N5O. The average molecular weight is 273 g/mol. The largest absolute Gasteiger partial charge is 0.367 e. The van der Waals surface area contributed by atoms with Crippen LogP contribution >= 0.6 is 0 Å². The summed E-state index contributed by atoms with van der Waals surface area (Å²) in [5, 5.41) is 10.5. The summed E-state index contributed by atoms with van der Waals surface area (Å²) in [7, 11) is 0. The van der Waals surface area contributed by atoms with E-state index in [9.17, 15) is 0 Å². The molecule has 1 aliphatic carbocycles. The van der Waals surface area contributed by atoms with Crippen molar-refractivity contribution in [3.8, 4) is 0 Å². The molecule has 2 N–H and O–H groups in total. The fraction of sp³-hybridized carbons (Fsp3) is 0.500. The Balaban J connectivity index is 1.75. The molecule has 0 aliphatic heterocycles. The topological polar surface area (TPSA) is 75.9 Å². The molecule has 0 atom stereocenters. The zero-order valence-corrected chi connectivity index (χ0v) is 11.8. The molecule has 2 aromatic heterocycles. The van der Waals surface area contributed by atoms with E-state index in [0.717, 1.165) is 23.2 Å². The van der Waals surface area contributed by atoms with Gasteiger partial charge in [-0.1, -0.05) is 18.0 Å². The summed E-state index contributed by atoms with van der Waals surface area (Å²) in [6.45, 7) is 3.75. The lowest BCUT2D eigenvalue weighted by Crippen LogP contribution is -2.16. The highest BCUT2D eigenvalue weighted by atomic mass is 16.5. The summed E-state index contributed by atoms with van der Waals surface area (Å²) in [4.78, 5) is 8.81. The van der Waals surface area contributed by atoms with Crippen LogP contribution in [0.25, 0.3) is 0 Å². The predicted molar refractivity (Wildman–Crippen MR) is 77.2 cm³/mol. The third-order valence-electron chi connectivity index (χ3n) is 3.43. The number of nitrogens with zero attached hydrogens (tertiary/aromatic N) is 3. The van der Waals surface area contributed by atoms with Crippen molar-refractivity contribution in [1.82, 2.24) is 15.1 Å². The summed E-state index contributed by atoms with van der Waals surface area (Å²) < 4.78 is 5.03. The van der Waals surface area contributed by atoms with Gasteiger partial charge in [-0.3, -0.25) is 0 Å². The first kappa shape index (κ1) is 12.9. The first-order valence-electron chi connectivity index (χ1n) is 7.01. The minimum absolute atomic E-state index is 0.534. The minimum Gasteiger partial charge on any atom is -0.367 e. The van der Waals surface area contributed by atoms with Crippen LogP contribution in [0.2, 0.25) is 0 Å². The van der Waals surface area contributed by atoms with Crippen LogP contribution in [0, 0.1) is 13.8 Å². The van der Waals surface area contributed by atoms with Gasteiger partial charge >= 0.3 is 0 Å². The van der Waals surface area contributed by atoms with Gasteiger partial charge in [0.25, 0.3) is 0 Å². The van der Waals surface area contributed by atoms with Gasteiger partial charge in [-0.25, -0.2) is 9.97 Å². The van der Waals surface area contributed by atoms with Gasteiger partial charge in [0.2, 0.25) is 0 Å². The maximum absolute atomic E-state index is 5.03. The van der Waals surface area contributed by atoms with Gasteiger partial charge in [0.05, 0.1) is 0 Å². The molecule has 20 heavy (non-hydrogen) atoms. The van der Waals surface area contributed by atoms with Crippen LogP contribution in [0.1, 0.15) is 37.3 Å². The van der Waals surface area contributed by atoms with E-state index in [1.807, 2.05) is 26.0 Å². The third-order valence-corrected chi connectivity index (χ3v) is 3.43. The lowest BCUT2D eigenvalue weighted by Gasteiger charge is -2.13. The summed E-state index contributed by atoms with van der Waals surface area (Å²) in [5.74, 6) is 3.75. The molecule has 0 bridgehead atoms. The number of rotatable bonds is 4. The SMILES string of the molecule is Cc1nc(Nc2cc(C)on2)cc(NC2CCCC2)n1. The van der Waals surface area contributed by atoms with E-state index in [-0.39, 0.29) is 0 Å². The Morgan fingerprint density at radius 2 is 1.80 bits per heavy atom. The van der Waals surface area contributed by atoms with Gasteiger partial charge in [-0.05, 0) is 26.7 Å². The molecule has 1 fully saturated rings. The van der Waals surface area contributed by atoms with Crippen LogP contribution in [0.5, 0.6) is 0 Å². The van der Waals surface area contributed by atoms with Crippen molar-refractivity contribution in [1.29, 1.82) is 0 Å². The zero-order valence-electron chi connectivity index (χ0n) is 11.8. The predicted octanol–water partition coefficient (Wildman–Crippen LogP) is 3.18. The highest BCUT2D eigenvalue weighted by Gasteiger charge is 2.15. The quantitative estimate of drug-likeness (QED) is 0.891. The van der Waals surface area contributed by atoms with E-state index in [2.05, 4.69) is 25.8 Å². The molecule has 0 unspecified atom stereocenters. The molecule has 0 spiro atoms. The Bertz CT molecular complexity index is 589. The summed E-state index contributed by atoms with van der Waals surface area (Å²) in [5.41, 5.74) is 0. The molecule has 1 saturated carbocycles. The number of nitrogens with one attached hydrogen (secondary N) is 2. The summed E-state index contributed by atoms with van der Waals surface area (Å²) in [6.07, 6.45) is 5.03. The first-order chi connectivity index (χ1) is 9.69. The molecule has 1 aliphatic rings. The fourth-order valence-corrected chi connectivity index (χ4v) is 2.54. The number of hydrogen-bond acceptors (Lipinski definition) is 6. The maximum Gasteiger partial charge on any atom is 0.175 e. The molecule has 0 amide bonds. The van der Waals surface area contributed by atoms with E-state index in [0.29, 0.717) is 11.9 Å². The number of aromatic nitrogens is 3. The van der Waals surface area contributed by atoms with Gasteiger partial charge in [0.1, 0.15) is 23.2 Å². The number of aryl methyl sites for hydroxylation is 2. The van der Waals surface area contributed by atoms with Gasteiger partial charge in [0.15, 0.2) is 5.82 Å². The highest BCUT2D eigenvalue weighted by Crippen LogP contribution is 2.23. The second-order valence-corrected chi connectivity index (χ2v) is 5.26. The molecule has 0 radical (unpaired) electrons. The first-order valence-corrected chi connectivity index (χ1v) is 7.01. The second-order valence-electron chi connectivity index (χ2n) is 5.26. The lowest BCUT2D eigenvalue weighted by atomic mass is 10.2. The average Bonchev–Trinajstić information content (AvgIpc) is 3.01. The summed E-state index contributed by atoms with van der Waals surface area (Å²) in [6, 6.07) is 4.28. The molecule has 2 heterocycles. The lowest BCUT2D eigenvalue weighted by molar-refractivity contribution is 0.400. The Hall–Kier alpha value is -2.11. The van der Waals surface area contributed by atoms with Crippen LogP contribution in [0.15, 0.2) is 16.7 Å². The third kappa shape index (κ3) is 3.07. The van der Waals surface area contributed by atoms with E-state index < -0.39 is 0 Å². The molecule has 3 rings (SSSR count). The molecule has 2 aromatic rings. The Labute approximate surface area is 118 Å². The summed E-state index contributed by atoms with van der Waals surface area (Å²) >= 11 is 0. The van der Waals surface area contributed by atoms with E-state index in [4.69, 9.17) is 4.52 Å². The van der Waals surface area contributed by atoms with Gasteiger partial charge in [0, 0.05) is 18.2 Å². The Morgan fingerprint density at radius 1 is 1.05 bits per heavy atom. The molecule has 0 aromatic carbocycles. The van der Waals surface area contributed by atoms with Gasteiger partial charge in [-0.2, -0.15) is 0 Å². The minimum atomic E-state index is 0.534. The van der Waals surface area contributed by atoms with Gasteiger partial charge in [-0.15, -0.1) is 0 Å². The van der Waals surface area contributed by atoms with Crippen molar-refractivity contribution in [3.05, 3.63) is 23.7 Å². The smallest absolute Gasteiger partial charge is 0.175 e. The van der Waals surface area contributed by atoms with Crippen molar-refractivity contribution in [2.24, 2.45) is 0 Å². The molecule has 6 nitrogen and oxygen atoms in total. The van der Waals surface area contributed by atoms with Crippen molar-refractivity contribution in [3.63, 3.8) is 0 Å². The van der Waals surface area contributed by atoms with Crippen molar-refractivity contribution in [2.75, 3.05) is 10.6 Å². The van der Waals surface area contributed by atoms with Crippen molar-refractivity contribution >= 4 is 17.5 Å². The van der Waals surface area contributed by atoms with Crippen molar-refractivity contribution < 1.29 is 4.52 Å². The maximum atomic E-state index is 5.03. The molecule has 6 heteroatoms. The van der Waals surface area contributed by atoms with E-state index in [1.54, 1.807) is 0 Å². The Kier molecular flexibility index (Phi) is 3.54. The second kappa shape index (κ2) is 5.48.